The summed E-state index contributed by atoms with van der Waals surface area (Å²) < 4.78 is 13.9. The van der Waals surface area contributed by atoms with Gasteiger partial charge in [0.1, 0.15) is 16.9 Å². The Morgan fingerprint density at radius 2 is 1.46 bits per heavy atom. The van der Waals surface area contributed by atoms with Crippen LogP contribution >= 0.6 is 0 Å². The molecule has 5 heteroatoms. The molecule has 0 aliphatic heterocycles. The average Bonchev–Trinajstić information content (AvgIpc) is 3.45. The first-order valence-corrected chi connectivity index (χ1v) is 11.5. The van der Waals surface area contributed by atoms with E-state index in [0.717, 1.165) is 60.6 Å². The Kier molecular flexibility index (Phi) is 4.44. The highest BCUT2D eigenvalue weighted by Crippen LogP contribution is 2.41. The van der Waals surface area contributed by atoms with Crippen LogP contribution in [0.2, 0.25) is 0 Å². The van der Waals surface area contributed by atoms with Crippen LogP contribution in [0.3, 0.4) is 0 Å². The Morgan fingerprint density at radius 3 is 2.34 bits per heavy atom. The molecule has 0 atom stereocenters. The molecule has 7 aromatic rings. The Morgan fingerprint density at radius 1 is 0.657 bits per heavy atom. The molecule has 4 nitrogen and oxygen atoms in total. The number of fused-ring (bicyclic) bond motifs is 7. The first-order valence-electron chi connectivity index (χ1n) is 11.5. The van der Waals surface area contributed by atoms with Gasteiger partial charge in [0.2, 0.25) is 0 Å². The van der Waals surface area contributed by atoms with Gasteiger partial charge in [-0.3, -0.25) is 0 Å². The lowest BCUT2D eigenvalue weighted by Crippen LogP contribution is -1.99. The Bertz CT molecular complexity index is 1870. The van der Waals surface area contributed by atoms with E-state index in [-0.39, 0.29) is 0 Å². The minimum atomic E-state index is 0.581. The van der Waals surface area contributed by atoms with Crippen LogP contribution in [0, 0.1) is 0 Å². The smallest absolute Gasteiger partial charge is 0.537 e. The van der Waals surface area contributed by atoms with Crippen molar-refractivity contribution in [3.63, 3.8) is 0 Å². The molecule has 0 amide bonds. The highest BCUT2D eigenvalue weighted by molar-refractivity contribution is 6.24. The van der Waals surface area contributed by atoms with E-state index in [4.69, 9.17) is 14.1 Å². The topological polar surface area (TPSA) is 47.5 Å². The molecule has 0 spiro atoms. The van der Waals surface area contributed by atoms with E-state index in [1.54, 1.807) is 0 Å². The maximum atomic E-state index is 9.05. The fourth-order valence-electron chi connectivity index (χ4n) is 5.13. The first-order chi connectivity index (χ1) is 17.3. The third-order valence-electron chi connectivity index (χ3n) is 6.64. The molecule has 2 aromatic heterocycles. The van der Waals surface area contributed by atoms with Crippen molar-refractivity contribution in [3.8, 4) is 22.6 Å². The second-order valence-electron chi connectivity index (χ2n) is 8.59. The summed E-state index contributed by atoms with van der Waals surface area (Å²) in [6.45, 7) is 0. The summed E-state index contributed by atoms with van der Waals surface area (Å²) in [5.74, 6) is 0.581. The van der Waals surface area contributed by atoms with Crippen LogP contribution in [0.1, 0.15) is 0 Å². The molecule has 1 radical (unpaired) electrons. The van der Waals surface area contributed by atoms with E-state index in [2.05, 4.69) is 65.2 Å². The second kappa shape index (κ2) is 7.79. The van der Waals surface area contributed by atoms with Crippen molar-refractivity contribution in [2.24, 2.45) is 0 Å². The molecule has 0 unspecified atom stereocenters. The Labute approximate surface area is 201 Å². The van der Waals surface area contributed by atoms with Gasteiger partial charge in [-0.2, -0.15) is 0 Å². The molecule has 0 fully saturated rings. The van der Waals surface area contributed by atoms with Gasteiger partial charge >= 0.3 is 7.69 Å². The van der Waals surface area contributed by atoms with Crippen LogP contribution in [-0.2, 0) is 0 Å². The summed E-state index contributed by atoms with van der Waals surface area (Å²) in [6, 6.07) is 37.1. The van der Waals surface area contributed by atoms with E-state index in [1.165, 1.54) is 0 Å². The Hall–Kier alpha value is -4.48. The maximum Gasteiger partial charge on any atom is 0.569 e. The standard InChI is InChI=1S/C30H19BNO3/c33-31-35-22-10-6-7-19(17-22)20-13-14-25-27(18-20)32(21-8-2-1-3-9-21)26-16-15-24-23-11-4-5-12-28(23)34-30(24)29(25)26/h1-18,33H. The molecule has 1 N–H and O–H groups in total. The van der Waals surface area contributed by atoms with Gasteiger partial charge in [0.15, 0.2) is 0 Å². The van der Waals surface area contributed by atoms with Crippen molar-refractivity contribution in [3.05, 3.63) is 109 Å². The van der Waals surface area contributed by atoms with Crippen molar-refractivity contribution < 1.29 is 14.1 Å². The highest BCUT2D eigenvalue weighted by Gasteiger charge is 2.19. The molecule has 0 bridgehead atoms. The number of hydrogen-bond acceptors (Lipinski definition) is 3. The lowest BCUT2D eigenvalue weighted by Gasteiger charge is -2.09. The summed E-state index contributed by atoms with van der Waals surface area (Å²) in [5.41, 5.74) is 7.15. The zero-order valence-corrected chi connectivity index (χ0v) is 18.7. The van der Waals surface area contributed by atoms with Crippen LogP contribution < -0.4 is 4.65 Å². The van der Waals surface area contributed by atoms with Gasteiger partial charge in [0, 0.05) is 21.8 Å². The average molecular weight is 452 g/mol. The minimum Gasteiger partial charge on any atom is -0.537 e. The molecule has 5 aromatic carbocycles. The fourth-order valence-corrected chi connectivity index (χ4v) is 5.13. The predicted octanol–water partition coefficient (Wildman–Crippen LogP) is 7.26. The first kappa shape index (κ1) is 19.9. The molecular weight excluding hydrogens is 433 g/mol. The van der Waals surface area contributed by atoms with Gasteiger partial charge in [-0.25, -0.2) is 0 Å². The molecule has 165 valence electrons. The number of nitrogens with zero attached hydrogens (tertiary/aromatic N) is 1. The van der Waals surface area contributed by atoms with Gasteiger partial charge in [0.25, 0.3) is 0 Å². The summed E-state index contributed by atoms with van der Waals surface area (Å²) in [5, 5.41) is 13.5. The van der Waals surface area contributed by atoms with Crippen molar-refractivity contribution >= 4 is 51.4 Å². The number of rotatable bonds is 4. The molecule has 2 heterocycles. The number of aromatic nitrogens is 1. The molecule has 0 saturated heterocycles. The summed E-state index contributed by atoms with van der Waals surface area (Å²) in [6.07, 6.45) is 0. The van der Waals surface area contributed by atoms with Crippen molar-refractivity contribution in [1.29, 1.82) is 0 Å². The van der Waals surface area contributed by atoms with E-state index >= 15 is 0 Å². The predicted molar refractivity (Wildman–Crippen MR) is 142 cm³/mol. The third-order valence-corrected chi connectivity index (χ3v) is 6.64. The lowest BCUT2D eigenvalue weighted by molar-refractivity contribution is 0.454. The highest BCUT2D eigenvalue weighted by atomic mass is 16.5. The monoisotopic (exact) mass is 452 g/mol. The number of hydrogen-bond donors (Lipinski definition) is 1. The molecule has 35 heavy (non-hydrogen) atoms. The summed E-state index contributed by atoms with van der Waals surface area (Å²) in [4.78, 5) is 0. The van der Waals surface area contributed by atoms with E-state index in [9.17, 15) is 0 Å². The quantitative estimate of drug-likeness (QED) is 0.286. The summed E-state index contributed by atoms with van der Waals surface area (Å²) >= 11 is 0. The van der Waals surface area contributed by atoms with Gasteiger partial charge in [-0.05, 0) is 59.7 Å². The van der Waals surface area contributed by atoms with Gasteiger partial charge in [-0.1, -0.05) is 60.7 Å². The van der Waals surface area contributed by atoms with Crippen LogP contribution in [0.25, 0.3) is 60.6 Å². The van der Waals surface area contributed by atoms with E-state index in [1.807, 2.05) is 48.5 Å². The summed E-state index contributed by atoms with van der Waals surface area (Å²) in [7, 11) is 0.703. The number of para-hydroxylation sites is 2. The molecular formula is C30H19BNO3. The zero-order chi connectivity index (χ0) is 23.4. The van der Waals surface area contributed by atoms with Gasteiger partial charge in [-0.15, -0.1) is 0 Å². The second-order valence-corrected chi connectivity index (χ2v) is 8.59. The molecule has 0 saturated carbocycles. The fraction of sp³-hybridized carbons (Fsp3) is 0. The van der Waals surface area contributed by atoms with Crippen molar-refractivity contribution in [1.82, 2.24) is 4.57 Å². The largest absolute Gasteiger partial charge is 0.569 e. The Balaban J connectivity index is 1.58. The zero-order valence-electron chi connectivity index (χ0n) is 18.7. The maximum absolute atomic E-state index is 9.05. The van der Waals surface area contributed by atoms with Crippen LogP contribution in [-0.4, -0.2) is 17.3 Å². The SMILES string of the molecule is O[B]Oc1cccc(-c2ccc3c4c5oc6ccccc6c5ccc4n(-c4ccccc4)c3c2)c1. The van der Waals surface area contributed by atoms with Crippen LogP contribution in [0.5, 0.6) is 5.75 Å². The van der Waals surface area contributed by atoms with Gasteiger partial charge < -0.3 is 18.7 Å². The number of furan rings is 1. The molecule has 7 rings (SSSR count). The normalized spacial score (nSPS) is 11.6. The lowest BCUT2D eigenvalue weighted by atomic mass is 10.0. The van der Waals surface area contributed by atoms with E-state index < -0.39 is 0 Å². The number of benzene rings is 5. The van der Waals surface area contributed by atoms with E-state index in [0.29, 0.717) is 13.4 Å². The van der Waals surface area contributed by atoms with Crippen LogP contribution in [0.4, 0.5) is 0 Å². The van der Waals surface area contributed by atoms with Crippen molar-refractivity contribution in [2.45, 2.75) is 0 Å². The van der Waals surface area contributed by atoms with Crippen molar-refractivity contribution in [2.75, 3.05) is 0 Å². The molecule has 0 aliphatic carbocycles. The third kappa shape index (κ3) is 3.06. The van der Waals surface area contributed by atoms with Crippen LogP contribution in [0.15, 0.2) is 114 Å². The van der Waals surface area contributed by atoms with Gasteiger partial charge in [0.05, 0.1) is 16.4 Å². The minimum absolute atomic E-state index is 0.581. The molecule has 0 aliphatic rings.